The third-order valence-electron chi connectivity index (χ3n) is 5.76. The Balaban J connectivity index is 0.000000253. The molecule has 1 fully saturated rings. The number of anilines is 2. The predicted molar refractivity (Wildman–Crippen MR) is 139 cm³/mol. The average molecular weight is 522 g/mol. The van der Waals surface area contributed by atoms with Crippen molar-refractivity contribution in [3.05, 3.63) is 29.2 Å². The van der Waals surface area contributed by atoms with E-state index in [9.17, 15) is 14.3 Å². The largest absolute Gasteiger partial charge is 0.446 e. The molecule has 1 amide bonds. The van der Waals surface area contributed by atoms with Crippen molar-refractivity contribution in [2.75, 3.05) is 31.8 Å². The number of benzene rings is 1. The number of aromatic nitrogens is 4. The fourth-order valence-electron chi connectivity index (χ4n) is 4.12. The van der Waals surface area contributed by atoms with Gasteiger partial charge in [-0.25, -0.2) is 24.1 Å². The van der Waals surface area contributed by atoms with E-state index in [0.29, 0.717) is 39.7 Å². The lowest BCUT2D eigenvalue weighted by Gasteiger charge is -2.25. The molecule has 4 rings (SSSR count). The van der Waals surface area contributed by atoms with Crippen molar-refractivity contribution in [2.45, 2.75) is 57.8 Å². The zero-order chi connectivity index (χ0) is 26.6. The quantitative estimate of drug-likeness (QED) is 0.466. The molecule has 196 valence electrons. The summed E-state index contributed by atoms with van der Waals surface area (Å²) in [6.45, 7) is 4.04. The number of nitrogens with zero attached hydrogens (tertiary/aromatic N) is 5. The second-order valence-corrected chi connectivity index (χ2v) is 9.53. The number of aliphatic hydroxyl groups is 1. The van der Waals surface area contributed by atoms with E-state index in [-0.39, 0.29) is 24.2 Å². The number of amides is 1. The Morgan fingerprint density at radius 3 is 2.67 bits per heavy atom. The first kappa shape index (κ1) is 27.4. The van der Waals surface area contributed by atoms with Crippen LogP contribution >= 0.6 is 11.6 Å². The number of alkyl carbamates (subject to hydrolysis) is 1. The first-order valence-electron chi connectivity index (χ1n) is 11.7. The number of halogens is 2. The van der Waals surface area contributed by atoms with Gasteiger partial charge in [0.1, 0.15) is 11.6 Å². The number of nitrogen functional groups attached to an aromatic ring is 1. The van der Waals surface area contributed by atoms with Crippen molar-refractivity contribution in [3.63, 3.8) is 0 Å². The number of hydrogen-bond acceptors (Lipinski definition) is 8. The lowest BCUT2D eigenvalue weighted by Crippen LogP contribution is -2.31. The van der Waals surface area contributed by atoms with Crippen LogP contribution < -0.4 is 16.0 Å². The lowest BCUT2D eigenvalue weighted by atomic mass is 9.95. The van der Waals surface area contributed by atoms with Crippen LogP contribution in [-0.4, -0.2) is 64.1 Å². The van der Waals surface area contributed by atoms with Gasteiger partial charge < -0.3 is 30.4 Å². The number of rotatable bonds is 4. The van der Waals surface area contributed by atoms with Gasteiger partial charge in [0.05, 0.1) is 28.5 Å². The first-order valence-corrected chi connectivity index (χ1v) is 12.1. The highest BCUT2D eigenvalue weighted by molar-refractivity contribution is 6.33. The van der Waals surface area contributed by atoms with Gasteiger partial charge in [-0.05, 0) is 45.2 Å². The van der Waals surface area contributed by atoms with Crippen molar-refractivity contribution in [1.29, 1.82) is 0 Å². The van der Waals surface area contributed by atoms with Gasteiger partial charge in [0, 0.05) is 39.2 Å². The van der Waals surface area contributed by atoms with Gasteiger partial charge in [-0.15, -0.1) is 0 Å². The van der Waals surface area contributed by atoms with E-state index in [1.54, 1.807) is 0 Å². The van der Waals surface area contributed by atoms with Crippen molar-refractivity contribution < 1.29 is 19.0 Å². The summed E-state index contributed by atoms with van der Waals surface area (Å²) in [7, 11) is 5.28. The molecule has 1 aliphatic rings. The topological polar surface area (TPSA) is 131 Å². The smallest absolute Gasteiger partial charge is 0.407 e. The first-order chi connectivity index (χ1) is 17.0. The summed E-state index contributed by atoms with van der Waals surface area (Å²) in [5, 5.41) is 11.9. The van der Waals surface area contributed by atoms with Gasteiger partial charge in [-0.3, -0.25) is 0 Å². The van der Waals surface area contributed by atoms with Crippen molar-refractivity contribution >= 4 is 40.6 Å². The number of ether oxygens (including phenoxy) is 1. The Morgan fingerprint density at radius 2 is 2.06 bits per heavy atom. The van der Waals surface area contributed by atoms with Gasteiger partial charge >= 0.3 is 6.09 Å². The molecule has 2 aromatic heterocycles. The molecule has 4 N–H and O–H groups in total. The van der Waals surface area contributed by atoms with E-state index in [1.807, 2.05) is 43.5 Å². The van der Waals surface area contributed by atoms with Crippen LogP contribution in [0.25, 0.3) is 22.3 Å². The standard InChI is InChI=1S/C16H18ClFN6.C8H15NO3/c1-8(2)24-12-6-9(13-10(17)7-20-15(19)21-13)5-11(18)14(12)22-16(24)23(3)4;1-9-8(11)12-7-4-2-3-6(10)5-7/h5-8H,1-4H3,(H2,19,20,21);6-7,10H,2-5H2,1H3,(H,9,11). The minimum atomic E-state index is -0.432. The molecule has 10 nitrogen and oxygen atoms in total. The van der Waals surface area contributed by atoms with E-state index in [2.05, 4.69) is 20.3 Å². The molecule has 3 aromatic rings. The maximum Gasteiger partial charge on any atom is 0.407 e. The predicted octanol–water partition coefficient (Wildman–Crippen LogP) is 4.16. The van der Waals surface area contributed by atoms with E-state index < -0.39 is 11.9 Å². The van der Waals surface area contributed by atoms with Crippen LogP contribution in [0.15, 0.2) is 18.3 Å². The van der Waals surface area contributed by atoms with E-state index in [4.69, 9.17) is 22.1 Å². The van der Waals surface area contributed by atoms with Crippen LogP contribution in [0.4, 0.5) is 21.1 Å². The highest BCUT2D eigenvalue weighted by Gasteiger charge is 2.23. The minimum absolute atomic E-state index is 0.0845. The fraction of sp³-hybridized carbons (Fsp3) is 0.500. The Kier molecular flexibility index (Phi) is 8.91. The third-order valence-corrected chi connectivity index (χ3v) is 6.04. The molecule has 0 aliphatic heterocycles. The molecule has 1 aliphatic carbocycles. The Labute approximate surface area is 214 Å². The normalized spacial score (nSPS) is 17.5. The molecule has 0 saturated heterocycles. The minimum Gasteiger partial charge on any atom is -0.446 e. The highest BCUT2D eigenvalue weighted by Crippen LogP contribution is 2.33. The van der Waals surface area contributed by atoms with Gasteiger partial charge in [0.2, 0.25) is 11.9 Å². The molecular formula is C24H33ClFN7O3. The number of hydrogen-bond donors (Lipinski definition) is 3. The van der Waals surface area contributed by atoms with Crippen LogP contribution in [0, 0.1) is 5.82 Å². The van der Waals surface area contributed by atoms with Crippen LogP contribution in [0.3, 0.4) is 0 Å². The number of nitrogens with one attached hydrogen (secondary N) is 1. The molecule has 2 atom stereocenters. The van der Waals surface area contributed by atoms with E-state index in [0.717, 1.165) is 19.3 Å². The SMILES string of the molecule is CC(C)n1c(N(C)C)nc2c(F)cc(-c3nc(N)ncc3Cl)cc21.CNC(=O)OC1CCCC(O)C1. The van der Waals surface area contributed by atoms with Gasteiger partial charge in [0.25, 0.3) is 0 Å². The second-order valence-electron chi connectivity index (χ2n) is 9.12. The molecule has 36 heavy (non-hydrogen) atoms. The summed E-state index contributed by atoms with van der Waals surface area (Å²) in [5.41, 5.74) is 7.56. The van der Waals surface area contributed by atoms with Crippen LogP contribution in [0.5, 0.6) is 0 Å². The summed E-state index contributed by atoms with van der Waals surface area (Å²) in [5.74, 6) is 0.337. The fourth-order valence-corrected chi connectivity index (χ4v) is 4.32. The Hall–Kier alpha value is -3.18. The molecule has 1 aromatic carbocycles. The maximum atomic E-state index is 14.7. The van der Waals surface area contributed by atoms with Crippen molar-refractivity contribution in [2.24, 2.45) is 0 Å². The second kappa shape index (κ2) is 11.7. The Bertz CT molecular complexity index is 1220. The number of carbonyl (C=O) groups is 1. The summed E-state index contributed by atoms with van der Waals surface area (Å²) < 4.78 is 21.6. The molecule has 1 saturated carbocycles. The molecule has 0 bridgehead atoms. The van der Waals surface area contributed by atoms with E-state index in [1.165, 1.54) is 19.3 Å². The van der Waals surface area contributed by atoms with E-state index >= 15 is 0 Å². The molecule has 2 unspecified atom stereocenters. The number of fused-ring (bicyclic) bond motifs is 1. The van der Waals surface area contributed by atoms with Crippen molar-refractivity contribution in [1.82, 2.24) is 24.8 Å². The number of aliphatic hydroxyl groups excluding tert-OH is 1. The lowest BCUT2D eigenvalue weighted by molar-refractivity contribution is 0.0237. The summed E-state index contributed by atoms with van der Waals surface area (Å²) in [6.07, 6.45) is 3.80. The Morgan fingerprint density at radius 1 is 1.33 bits per heavy atom. The zero-order valence-electron chi connectivity index (χ0n) is 21.1. The molecule has 0 radical (unpaired) electrons. The monoisotopic (exact) mass is 521 g/mol. The van der Waals surface area contributed by atoms with Gasteiger partial charge in [-0.2, -0.15) is 0 Å². The number of nitrogens with two attached hydrogens (primary N) is 1. The zero-order valence-corrected chi connectivity index (χ0v) is 21.9. The summed E-state index contributed by atoms with van der Waals surface area (Å²) in [4.78, 5) is 25.0. The van der Waals surface area contributed by atoms with Crippen molar-refractivity contribution in [3.8, 4) is 11.3 Å². The van der Waals surface area contributed by atoms with Crippen LogP contribution in [0.2, 0.25) is 5.02 Å². The van der Waals surface area contributed by atoms with Crippen LogP contribution in [-0.2, 0) is 4.74 Å². The molecule has 0 spiro atoms. The van der Waals surface area contributed by atoms with Crippen LogP contribution in [0.1, 0.15) is 45.6 Å². The van der Waals surface area contributed by atoms with Gasteiger partial charge in [-0.1, -0.05) is 11.6 Å². The highest BCUT2D eigenvalue weighted by atomic mass is 35.5. The number of imidazole rings is 1. The molecule has 2 heterocycles. The maximum absolute atomic E-state index is 14.7. The average Bonchev–Trinajstić information content (AvgIpc) is 3.22. The molecular weight excluding hydrogens is 489 g/mol. The molecule has 12 heteroatoms. The third kappa shape index (κ3) is 6.33. The summed E-state index contributed by atoms with van der Waals surface area (Å²) in [6, 6.07) is 3.30. The summed E-state index contributed by atoms with van der Waals surface area (Å²) >= 11 is 6.16. The van der Waals surface area contributed by atoms with Gasteiger partial charge in [0.15, 0.2) is 5.82 Å². The number of carbonyl (C=O) groups excluding carboxylic acids is 1.